The van der Waals surface area contributed by atoms with E-state index in [2.05, 4.69) is 29.6 Å². The molecule has 2 aromatic rings. The predicted octanol–water partition coefficient (Wildman–Crippen LogP) is 3.92. The molecule has 0 spiro atoms. The average molecular weight is 405 g/mol. The summed E-state index contributed by atoms with van der Waals surface area (Å²) in [7, 11) is 0. The van der Waals surface area contributed by atoms with E-state index in [0.717, 1.165) is 57.2 Å². The summed E-state index contributed by atoms with van der Waals surface area (Å²) in [5.41, 5.74) is 3.68. The maximum atomic E-state index is 12.5. The van der Waals surface area contributed by atoms with Crippen LogP contribution in [0.2, 0.25) is 0 Å². The number of nitrogens with one attached hydrogen (secondary N) is 1. The Morgan fingerprint density at radius 1 is 0.833 bits per heavy atom. The fourth-order valence-electron chi connectivity index (χ4n) is 4.23. The van der Waals surface area contributed by atoms with Gasteiger partial charge in [0, 0.05) is 25.6 Å². The molecule has 1 aliphatic carbocycles. The summed E-state index contributed by atoms with van der Waals surface area (Å²) in [5.74, 6) is 1.06. The summed E-state index contributed by atoms with van der Waals surface area (Å²) in [6.07, 6.45) is 7.38. The van der Waals surface area contributed by atoms with Crippen LogP contribution in [0.1, 0.15) is 48.8 Å². The van der Waals surface area contributed by atoms with Crippen molar-refractivity contribution in [2.75, 3.05) is 13.1 Å². The molecule has 0 bridgehead atoms. The second kappa shape index (κ2) is 9.92. The molecule has 1 N–H and O–H groups in total. The van der Waals surface area contributed by atoms with Crippen molar-refractivity contribution >= 4 is 11.8 Å². The lowest BCUT2D eigenvalue weighted by Crippen LogP contribution is -2.39. The van der Waals surface area contributed by atoms with Crippen molar-refractivity contribution in [2.24, 2.45) is 5.92 Å². The minimum Gasteiger partial charge on any atom is -0.353 e. The van der Waals surface area contributed by atoms with Gasteiger partial charge >= 0.3 is 0 Å². The molecule has 0 atom stereocenters. The van der Waals surface area contributed by atoms with Crippen LogP contribution in [0.25, 0.3) is 0 Å². The first-order chi connectivity index (χ1) is 14.7. The maximum Gasteiger partial charge on any atom is 0.226 e. The van der Waals surface area contributed by atoms with Crippen LogP contribution in [-0.4, -0.2) is 35.8 Å². The zero-order chi connectivity index (χ0) is 20.8. The molecule has 158 valence electrons. The van der Waals surface area contributed by atoms with E-state index in [0.29, 0.717) is 24.8 Å². The molecule has 30 heavy (non-hydrogen) atoms. The molecule has 0 radical (unpaired) electrons. The fourth-order valence-corrected chi connectivity index (χ4v) is 4.23. The normalized spacial score (nSPS) is 17.0. The summed E-state index contributed by atoms with van der Waals surface area (Å²) in [6, 6.07) is 19.2. The number of amides is 2. The van der Waals surface area contributed by atoms with Gasteiger partial charge < -0.3 is 10.2 Å². The van der Waals surface area contributed by atoms with Crippen LogP contribution in [0.4, 0.5) is 0 Å². The number of likely N-dealkylation sites (tertiary alicyclic amines) is 1. The Morgan fingerprint density at radius 2 is 1.50 bits per heavy atom. The third kappa shape index (κ3) is 6.19. The third-order valence-electron chi connectivity index (χ3n) is 6.30. The molecule has 4 nitrogen and oxygen atoms in total. The molecule has 4 heteroatoms. The van der Waals surface area contributed by atoms with Crippen LogP contribution in [0.5, 0.6) is 0 Å². The Bertz CT molecular complexity index is 835. The third-order valence-corrected chi connectivity index (χ3v) is 6.30. The minimum absolute atomic E-state index is 0.176. The highest BCUT2D eigenvalue weighted by molar-refractivity contribution is 5.78. The van der Waals surface area contributed by atoms with Gasteiger partial charge in [-0.05, 0) is 61.1 Å². The quantitative estimate of drug-likeness (QED) is 0.725. The maximum absolute atomic E-state index is 12.5. The summed E-state index contributed by atoms with van der Waals surface area (Å²) < 4.78 is 0. The molecule has 1 heterocycles. The standard InChI is InChI=1S/C26H32N2O2/c29-25(27-24-11-12-24)13-10-20-6-8-22(9-7-20)18-23-14-16-28(17-15-23)26(30)19-21-4-2-1-3-5-21/h1-9,23-24H,10-19H2,(H,27,29). The Balaban J connectivity index is 1.18. The van der Waals surface area contributed by atoms with Crippen LogP contribution in [0.3, 0.4) is 0 Å². The lowest BCUT2D eigenvalue weighted by Gasteiger charge is -2.32. The van der Waals surface area contributed by atoms with Crippen molar-refractivity contribution < 1.29 is 9.59 Å². The van der Waals surface area contributed by atoms with Crippen LogP contribution in [0.15, 0.2) is 54.6 Å². The zero-order valence-electron chi connectivity index (χ0n) is 17.7. The summed E-state index contributed by atoms with van der Waals surface area (Å²) >= 11 is 0. The number of rotatable bonds is 8. The number of carbonyl (C=O) groups is 2. The molecule has 1 aliphatic heterocycles. The molecule has 1 saturated heterocycles. The summed E-state index contributed by atoms with van der Waals surface area (Å²) in [5, 5.41) is 3.05. The first-order valence-electron chi connectivity index (χ1n) is 11.3. The van der Waals surface area contributed by atoms with Crippen molar-refractivity contribution in [1.82, 2.24) is 10.2 Å². The van der Waals surface area contributed by atoms with E-state index in [-0.39, 0.29) is 11.8 Å². The zero-order valence-corrected chi connectivity index (χ0v) is 17.7. The van der Waals surface area contributed by atoms with Crippen molar-refractivity contribution in [3.63, 3.8) is 0 Å². The highest BCUT2D eigenvalue weighted by Gasteiger charge is 2.24. The van der Waals surface area contributed by atoms with Gasteiger partial charge in [0.25, 0.3) is 0 Å². The Morgan fingerprint density at radius 3 is 2.17 bits per heavy atom. The van der Waals surface area contributed by atoms with E-state index in [1.54, 1.807) is 0 Å². The topological polar surface area (TPSA) is 49.4 Å². The van der Waals surface area contributed by atoms with Gasteiger partial charge in [-0.2, -0.15) is 0 Å². The average Bonchev–Trinajstić information content (AvgIpc) is 3.58. The first-order valence-corrected chi connectivity index (χ1v) is 11.3. The van der Waals surface area contributed by atoms with Gasteiger partial charge in [-0.25, -0.2) is 0 Å². The number of nitrogens with zero attached hydrogens (tertiary/aromatic N) is 1. The van der Waals surface area contributed by atoms with E-state index in [1.807, 2.05) is 35.2 Å². The first kappa shape index (κ1) is 20.6. The van der Waals surface area contributed by atoms with Crippen molar-refractivity contribution in [3.8, 4) is 0 Å². The van der Waals surface area contributed by atoms with E-state index in [9.17, 15) is 9.59 Å². The second-order valence-corrected chi connectivity index (χ2v) is 8.85. The Labute approximate surface area is 179 Å². The van der Waals surface area contributed by atoms with Crippen molar-refractivity contribution in [3.05, 3.63) is 71.3 Å². The fraction of sp³-hybridized carbons (Fsp3) is 0.462. The predicted molar refractivity (Wildman–Crippen MR) is 119 cm³/mol. The Hall–Kier alpha value is -2.62. The molecule has 0 aromatic heterocycles. The van der Waals surface area contributed by atoms with Crippen molar-refractivity contribution in [2.45, 2.75) is 57.4 Å². The van der Waals surface area contributed by atoms with Gasteiger partial charge in [-0.1, -0.05) is 54.6 Å². The monoisotopic (exact) mass is 404 g/mol. The molecule has 4 rings (SSSR count). The molecular formula is C26H32N2O2. The van der Waals surface area contributed by atoms with Gasteiger partial charge in [-0.15, -0.1) is 0 Å². The molecule has 2 amide bonds. The Kier molecular flexibility index (Phi) is 6.83. The number of piperidine rings is 1. The highest BCUT2D eigenvalue weighted by atomic mass is 16.2. The van der Waals surface area contributed by atoms with Crippen LogP contribution in [0, 0.1) is 5.92 Å². The van der Waals surface area contributed by atoms with Gasteiger partial charge in [0.1, 0.15) is 0 Å². The number of benzene rings is 2. The van der Waals surface area contributed by atoms with E-state index in [4.69, 9.17) is 0 Å². The van der Waals surface area contributed by atoms with E-state index in [1.165, 1.54) is 11.1 Å². The van der Waals surface area contributed by atoms with E-state index >= 15 is 0 Å². The lowest BCUT2D eigenvalue weighted by atomic mass is 9.89. The summed E-state index contributed by atoms with van der Waals surface area (Å²) in [4.78, 5) is 26.4. The largest absolute Gasteiger partial charge is 0.353 e. The number of hydrogen-bond acceptors (Lipinski definition) is 2. The minimum atomic E-state index is 0.176. The van der Waals surface area contributed by atoms with Crippen LogP contribution in [-0.2, 0) is 28.9 Å². The second-order valence-electron chi connectivity index (χ2n) is 8.85. The summed E-state index contributed by atoms with van der Waals surface area (Å²) in [6.45, 7) is 1.73. The lowest BCUT2D eigenvalue weighted by molar-refractivity contribution is -0.131. The molecule has 2 aromatic carbocycles. The van der Waals surface area contributed by atoms with Gasteiger partial charge in [0.05, 0.1) is 6.42 Å². The molecule has 2 fully saturated rings. The van der Waals surface area contributed by atoms with Crippen molar-refractivity contribution in [1.29, 1.82) is 0 Å². The number of carbonyl (C=O) groups excluding carboxylic acids is 2. The smallest absolute Gasteiger partial charge is 0.226 e. The van der Waals surface area contributed by atoms with Gasteiger partial charge in [0.15, 0.2) is 0 Å². The van der Waals surface area contributed by atoms with Gasteiger partial charge in [-0.3, -0.25) is 9.59 Å². The number of aryl methyl sites for hydroxylation is 1. The van der Waals surface area contributed by atoms with Crippen LogP contribution < -0.4 is 5.32 Å². The molecular weight excluding hydrogens is 372 g/mol. The molecule has 2 aliphatic rings. The molecule has 1 saturated carbocycles. The number of hydrogen-bond donors (Lipinski definition) is 1. The SMILES string of the molecule is O=C(CCc1ccc(CC2CCN(C(=O)Cc3ccccc3)CC2)cc1)NC1CC1. The van der Waals surface area contributed by atoms with Gasteiger partial charge in [0.2, 0.25) is 11.8 Å². The van der Waals surface area contributed by atoms with E-state index < -0.39 is 0 Å². The highest BCUT2D eigenvalue weighted by Crippen LogP contribution is 2.23. The molecule has 0 unspecified atom stereocenters. The van der Waals surface area contributed by atoms with Crippen LogP contribution >= 0.6 is 0 Å².